The molecule has 2 nitrogen and oxygen atoms in total. The molecule has 0 aromatic carbocycles. The highest BCUT2D eigenvalue weighted by Crippen LogP contribution is 2.33. The van der Waals surface area contributed by atoms with Crippen LogP contribution < -0.4 is 5.73 Å². The van der Waals surface area contributed by atoms with Gasteiger partial charge in [0.25, 0.3) is 0 Å². The molecule has 5 heteroatoms. The zero-order valence-electron chi connectivity index (χ0n) is 3.83. The van der Waals surface area contributed by atoms with Crippen LogP contribution in [0.2, 0.25) is 0 Å². The summed E-state index contributed by atoms with van der Waals surface area (Å²) in [4.78, 5) is 10.6. The zero-order chi connectivity index (χ0) is 6.78. The van der Waals surface area contributed by atoms with Crippen LogP contribution in [-0.4, -0.2) is 14.5 Å². The number of hydrogen-bond donors (Lipinski definition) is 1. The quantitative estimate of drug-likeness (QED) is 0.743. The second kappa shape index (κ2) is 3.29. The van der Waals surface area contributed by atoms with Gasteiger partial charge in [0, 0.05) is 0 Å². The molecule has 8 heavy (non-hydrogen) atoms. The number of alkyl halides is 3. The Bertz CT molecular complexity index is 97.2. The zero-order valence-corrected chi connectivity index (χ0v) is 8.58. The lowest BCUT2D eigenvalue weighted by molar-refractivity contribution is -0.116. The molecule has 0 saturated heterocycles. The van der Waals surface area contributed by atoms with E-state index in [2.05, 4.69) is 47.8 Å². The second-order valence-corrected chi connectivity index (χ2v) is 7.89. The number of ketones is 1. The lowest BCUT2D eigenvalue weighted by Crippen LogP contribution is -2.25. The molecule has 48 valence electrons. The van der Waals surface area contributed by atoms with E-state index in [1.807, 2.05) is 0 Å². The topological polar surface area (TPSA) is 43.1 Å². The van der Waals surface area contributed by atoms with Crippen molar-refractivity contribution in [3.05, 3.63) is 0 Å². The maximum Gasteiger partial charge on any atom is 0.193 e. The van der Waals surface area contributed by atoms with Gasteiger partial charge in [0.15, 0.2) is 7.93 Å². The molecule has 0 fully saturated rings. The van der Waals surface area contributed by atoms with E-state index < -0.39 is 2.14 Å². The molecule has 0 spiro atoms. The van der Waals surface area contributed by atoms with Gasteiger partial charge in [-0.3, -0.25) is 4.79 Å². The number of hydrogen-bond acceptors (Lipinski definition) is 2. The van der Waals surface area contributed by atoms with E-state index in [-0.39, 0.29) is 12.3 Å². The molecule has 0 radical (unpaired) electrons. The van der Waals surface area contributed by atoms with Gasteiger partial charge in [0.05, 0.1) is 6.54 Å². The molecular weight excluding hydrogens is 306 g/mol. The Morgan fingerprint density at radius 2 is 1.88 bits per heavy atom. The highest BCUT2D eigenvalue weighted by atomic mass is 80.0. The van der Waals surface area contributed by atoms with Crippen LogP contribution in [0, 0.1) is 0 Å². The highest BCUT2D eigenvalue weighted by Gasteiger charge is 2.26. The summed E-state index contributed by atoms with van der Waals surface area (Å²) in [6.07, 6.45) is 0. The lowest BCUT2D eigenvalue weighted by atomic mass is 10.5. The Labute approximate surface area is 72.6 Å². The second-order valence-electron chi connectivity index (χ2n) is 1.13. The average Bonchev–Trinajstić information content (AvgIpc) is 1.62. The molecular formula is C3H4Br3NO. The fourth-order valence-electron chi connectivity index (χ4n) is 0.116. The smallest absolute Gasteiger partial charge is 0.193 e. The predicted molar refractivity (Wildman–Crippen MR) is 43.6 cm³/mol. The summed E-state index contributed by atoms with van der Waals surface area (Å²) in [6.45, 7) is 0.0156. The van der Waals surface area contributed by atoms with Gasteiger partial charge in [0.2, 0.25) is 0 Å². The van der Waals surface area contributed by atoms with E-state index in [4.69, 9.17) is 5.73 Å². The molecule has 0 aromatic rings. The highest BCUT2D eigenvalue weighted by molar-refractivity contribution is 9.40. The molecule has 0 rings (SSSR count). The molecule has 0 aliphatic rings. The number of nitrogens with two attached hydrogens (primary N) is 1. The standard InChI is InChI=1S/C3H4Br3NO/c4-3(5,6)2(8)1-7/h1,7H2. The van der Waals surface area contributed by atoms with Crippen LogP contribution in [0.15, 0.2) is 0 Å². The van der Waals surface area contributed by atoms with Crippen molar-refractivity contribution in [2.24, 2.45) is 5.73 Å². The number of carbonyl (C=O) groups is 1. The predicted octanol–water partition coefficient (Wildman–Crippen LogP) is 1.35. The third-order valence-corrected chi connectivity index (χ3v) is 1.83. The average molecular weight is 310 g/mol. The van der Waals surface area contributed by atoms with Gasteiger partial charge in [-0.25, -0.2) is 0 Å². The van der Waals surface area contributed by atoms with E-state index in [1.165, 1.54) is 0 Å². The molecule has 0 aliphatic heterocycles. The van der Waals surface area contributed by atoms with Crippen molar-refractivity contribution >= 4 is 53.6 Å². The van der Waals surface area contributed by atoms with Crippen LogP contribution in [0.4, 0.5) is 0 Å². The first-order valence-corrected chi connectivity index (χ1v) is 4.16. The Morgan fingerprint density at radius 1 is 1.50 bits per heavy atom. The fraction of sp³-hybridized carbons (Fsp3) is 0.667. The summed E-state index contributed by atoms with van der Waals surface area (Å²) >= 11 is 9.02. The SMILES string of the molecule is NCC(=O)C(Br)(Br)Br. The Kier molecular flexibility index (Phi) is 3.73. The molecule has 2 N–H and O–H groups in total. The van der Waals surface area contributed by atoms with E-state index in [0.717, 1.165) is 0 Å². The third-order valence-electron chi connectivity index (χ3n) is 0.502. The minimum absolute atomic E-state index is 0.0156. The van der Waals surface area contributed by atoms with E-state index in [1.54, 1.807) is 0 Å². The number of Topliss-reactive ketones (excluding diaryl/α,β-unsaturated/α-hetero) is 1. The normalized spacial score (nSPS) is 11.5. The number of halogens is 3. The first-order valence-electron chi connectivity index (χ1n) is 1.78. The largest absolute Gasteiger partial charge is 0.324 e. The van der Waals surface area contributed by atoms with Crippen LogP contribution in [-0.2, 0) is 4.79 Å². The molecule has 0 bridgehead atoms. The molecule has 0 heterocycles. The maximum absolute atomic E-state index is 10.6. The van der Waals surface area contributed by atoms with E-state index in [0.29, 0.717) is 0 Å². The van der Waals surface area contributed by atoms with Crippen LogP contribution in [0.3, 0.4) is 0 Å². The summed E-state index contributed by atoms with van der Waals surface area (Å²) in [6, 6.07) is 0. The van der Waals surface area contributed by atoms with Gasteiger partial charge in [-0.15, -0.1) is 0 Å². The van der Waals surface area contributed by atoms with Crippen molar-refractivity contribution in [3.8, 4) is 0 Å². The van der Waals surface area contributed by atoms with Gasteiger partial charge < -0.3 is 5.73 Å². The van der Waals surface area contributed by atoms with Gasteiger partial charge in [-0.2, -0.15) is 0 Å². The molecule has 0 atom stereocenters. The van der Waals surface area contributed by atoms with Crippen molar-refractivity contribution in [2.75, 3.05) is 6.54 Å². The third kappa shape index (κ3) is 3.17. The van der Waals surface area contributed by atoms with Gasteiger partial charge in [-0.1, -0.05) is 47.8 Å². The number of rotatable bonds is 1. The molecule has 0 unspecified atom stereocenters. The van der Waals surface area contributed by atoms with Gasteiger partial charge in [-0.05, 0) is 0 Å². The summed E-state index contributed by atoms with van der Waals surface area (Å²) in [5.41, 5.74) is 5.02. The Hall–Kier alpha value is 1.07. The monoisotopic (exact) mass is 307 g/mol. The number of carbonyl (C=O) groups excluding carboxylic acids is 1. The van der Waals surface area contributed by atoms with Gasteiger partial charge >= 0.3 is 0 Å². The van der Waals surface area contributed by atoms with Gasteiger partial charge in [0.1, 0.15) is 0 Å². The summed E-state index contributed by atoms with van der Waals surface area (Å²) in [5, 5.41) is 0. The van der Waals surface area contributed by atoms with Crippen molar-refractivity contribution < 1.29 is 4.79 Å². The molecule has 0 amide bonds. The van der Waals surface area contributed by atoms with E-state index >= 15 is 0 Å². The first-order chi connectivity index (χ1) is 3.48. The van der Waals surface area contributed by atoms with Crippen molar-refractivity contribution in [2.45, 2.75) is 2.14 Å². The maximum atomic E-state index is 10.6. The van der Waals surface area contributed by atoms with Crippen LogP contribution >= 0.6 is 47.8 Å². The van der Waals surface area contributed by atoms with Crippen molar-refractivity contribution in [1.29, 1.82) is 0 Å². The fourth-order valence-corrected chi connectivity index (χ4v) is 0.601. The lowest BCUT2D eigenvalue weighted by Gasteiger charge is -2.06. The van der Waals surface area contributed by atoms with Crippen molar-refractivity contribution in [1.82, 2.24) is 0 Å². The summed E-state index contributed by atoms with van der Waals surface area (Å²) in [5.74, 6) is -0.141. The van der Waals surface area contributed by atoms with Crippen LogP contribution in [0.25, 0.3) is 0 Å². The summed E-state index contributed by atoms with van der Waals surface area (Å²) < 4.78 is -0.818. The van der Waals surface area contributed by atoms with E-state index in [9.17, 15) is 4.79 Å². The van der Waals surface area contributed by atoms with Crippen LogP contribution in [0.5, 0.6) is 0 Å². The summed E-state index contributed by atoms with van der Waals surface area (Å²) in [7, 11) is 0. The minimum Gasteiger partial charge on any atom is -0.324 e. The Balaban J connectivity index is 3.82. The first kappa shape index (κ1) is 9.07. The minimum atomic E-state index is -0.818. The van der Waals surface area contributed by atoms with Crippen molar-refractivity contribution in [3.63, 3.8) is 0 Å². The molecule has 0 aliphatic carbocycles. The van der Waals surface area contributed by atoms with Crippen LogP contribution in [0.1, 0.15) is 0 Å². The molecule has 0 aromatic heterocycles. The molecule has 0 saturated carbocycles. The Morgan fingerprint density at radius 3 is 1.88 bits per heavy atom.